The summed E-state index contributed by atoms with van der Waals surface area (Å²) in [4.78, 5) is 12.6. The van der Waals surface area contributed by atoms with E-state index in [4.69, 9.17) is 11.6 Å². The second-order valence-corrected chi connectivity index (χ2v) is 7.74. The van der Waals surface area contributed by atoms with Crippen molar-refractivity contribution in [1.29, 1.82) is 0 Å². The van der Waals surface area contributed by atoms with Crippen LogP contribution in [-0.4, -0.2) is 20.8 Å². The molecule has 1 aromatic heterocycles. The van der Waals surface area contributed by atoms with Gasteiger partial charge in [0.15, 0.2) is 5.69 Å². The van der Waals surface area contributed by atoms with Crippen LogP contribution >= 0.6 is 11.6 Å². The number of benzene rings is 3. The van der Waals surface area contributed by atoms with Gasteiger partial charge in [0.25, 0.3) is 5.91 Å². The van der Waals surface area contributed by atoms with E-state index in [2.05, 4.69) is 10.4 Å². The van der Waals surface area contributed by atoms with Crippen LogP contribution in [0.3, 0.4) is 0 Å². The van der Waals surface area contributed by atoms with Gasteiger partial charge in [-0.2, -0.15) is 18.3 Å². The first-order valence-electron chi connectivity index (χ1n) is 9.77. The fourth-order valence-corrected chi connectivity index (χ4v) is 3.48. The van der Waals surface area contributed by atoms with Crippen LogP contribution in [0.1, 0.15) is 21.6 Å². The van der Waals surface area contributed by atoms with Crippen molar-refractivity contribution >= 4 is 23.2 Å². The molecule has 1 amide bonds. The molecule has 0 fully saturated rings. The molecule has 0 radical (unpaired) electrons. The molecule has 3 aromatic carbocycles. The number of rotatable bonds is 4. The van der Waals surface area contributed by atoms with Crippen molar-refractivity contribution in [2.45, 2.75) is 13.1 Å². The molecule has 33 heavy (non-hydrogen) atoms. The van der Waals surface area contributed by atoms with Crippen molar-refractivity contribution < 1.29 is 23.1 Å². The molecule has 1 heterocycles. The van der Waals surface area contributed by atoms with Crippen molar-refractivity contribution in [2.75, 3.05) is 5.32 Å². The van der Waals surface area contributed by atoms with Gasteiger partial charge >= 0.3 is 6.18 Å². The zero-order chi connectivity index (χ0) is 23.8. The normalized spacial score (nSPS) is 11.4. The van der Waals surface area contributed by atoms with Crippen molar-refractivity contribution in [3.05, 3.63) is 94.6 Å². The molecule has 0 unspecified atom stereocenters. The van der Waals surface area contributed by atoms with Gasteiger partial charge in [0.2, 0.25) is 0 Å². The fourth-order valence-electron chi connectivity index (χ4n) is 3.27. The highest BCUT2D eigenvalue weighted by molar-refractivity contribution is 6.32. The lowest BCUT2D eigenvalue weighted by atomic mass is 10.1. The van der Waals surface area contributed by atoms with Crippen molar-refractivity contribution in [1.82, 2.24) is 9.78 Å². The SMILES string of the molecule is Cc1ccc(NC(=O)c2ccc(-c3cc(C(F)(F)F)nn3-c3ccccc3Cl)cc2)c(O)c1. The summed E-state index contributed by atoms with van der Waals surface area (Å²) in [6, 6.07) is 18.2. The van der Waals surface area contributed by atoms with Gasteiger partial charge in [-0.3, -0.25) is 4.79 Å². The van der Waals surface area contributed by atoms with E-state index < -0.39 is 17.8 Å². The molecular weight excluding hydrogens is 455 g/mol. The Balaban J connectivity index is 1.68. The first-order chi connectivity index (χ1) is 15.6. The number of phenols is 1. The van der Waals surface area contributed by atoms with Crippen LogP contribution in [0.4, 0.5) is 18.9 Å². The van der Waals surface area contributed by atoms with E-state index >= 15 is 0 Å². The zero-order valence-electron chi connectivity index (χ0n) is 17.2. The van der Waals surface area contributed by atoms with Crippen molar-refractivity contribution in [3.8, 4) is 22.7 Å². The number of phenolic OH excluding ortho intramolecular Hbond substituents is 1. The van der Waals surface area contributed by atoms with Gasteiger partial charge < -0.3 is 10.4 Å². The van der Waals surface area contributed by atoms with Gasteiger partial charge in [0, 0.05) is 11.1 Å². The average Bonchev–Trinajstić information content (AvgIpc) is 3.22. The van der Waals surface area contributed by atoms with E-state index in [-0.39, 0.29) is 27.7 Å². The number of para-hydroxylation sites is 1. The highest BCUT2D eigenvalue weighted by atomic mass is 35.5. The summed E-state index contributed by atoms with van der Waals surface area (Å²) in [5.41, 5.74) is 1.16. The van der Waals surface area contributed by atoms with Crippen LogP contribution in [0.2, 0.25) is 5.02 Å². The van der Waals surface area contributed by atoms with Crippen LogP contribution in [0, 0.1) is 6.92 Å². The third kappa shape index (κ3) is 4.70. The number of aryl methyl sites for hydroxylation is 1. The molecular formula is C24H17ClF3N3O2. The second kappa shape index (κ2) is 8.63. The average molecular weight is 472 g/mol. The van der Waals surface area contributed by atoms with Gasteiger partial charge in [-0.25, -0.2) is 4.68 Å². The topological polar surface area (TPSA) is 67.2 Å². The van der Waals surface area contributed by atoms with Crippen LogP contribution in [0.25, 0.3) is 16.9 Å². The van der Waals surface area contributed by atoms with E-state index in [1.165, 1.54) is 30.3 Å². The standard InChI is InChI=1S/C24H17ClF3N3O2/c1-14-6-11-18(21(32)12-14)29-23(33)16-9-7-15(8-10-16)20-13-22(24(26,27)28)30-31(20)19-5-3-2-4-17(19)25/h2-13,32H,1H3,(H,29,33). The minimum absolute atomic E-state index is 0.0664. The Morgan fingerprint density at radius 1 is 1.03 bits per heavy atom. The van der Waals surface area contributed by atoms with Crippen LogP contribution in [0.5, 0.6) is 5.75 Å². The third-order valence-electron chi connectivity index (χ3n) is 4.92. The molecule has 4 aromatic rings. The zero-order valence-corrected chi connectivity index (χ0v) is 17.9. The minimum atomic E-state index is -4.64. The van der Waals surface area contributed by atoms with Gasteiger partial charge in [-0.15, -0.1) is 0 Å². The quantitative estimate of drug-likeness (QED) is 0.335. The summed E-state index contributed by atoms with van der Waals surface area (Å²) in [6.07, 6.45) is -4.64. The number of amides is 1. The number of nitrogens with one attached hydrogen (secondary N) is 1. The number of carbonyl (C=O) groups excluding carboxylic acids is 1. The van der Waals surface area contributed by atoms with Gasteiger partial charge in [0.1, 0.15) is 5.75 Å². The van der Waals surface area contributed by atoms with Crippen LogP contribution in [0.15, 0.2) is 72.8 Å². The number of nitrogens with zero attached hydrogens (tertiary/aromatic N) is 2. The summed E-state index contributed by atoms with van der Waals surface area (Å²) >= 11 is 6.19. The largest absolute Gasteiger partial charge is 0.506 e. The highest BCUT2D eigenvalue weighted by Crippen LogP contribution is 2.34. The Morgan fingerprint density at radius 2 is 1.73 bits per heavy atom. The Hall–Kier alpha value is -3.78. The first-order valence-corrected chi connectivity index (χ1v) is 10.1. The Morgan fingerprint density at radius 3 is 2.36 bits per heavy atom. The van der Waals surface area contributed by atoms with Crippen LogP contribution in [-0.2, 0) is 6.18 Å². The van der Waals surface area contributed by atoms with Crippen molar-refractivity contribution in [2.24, 2.45) is 0 Å². The number of carbonyl (C=O) groups is 1. The number of alkyl halides is 3. The van der Waals surface area contributed by atoms with Gasteiger partial charge in [-0.05, 0) is 55.0 Å². The Kier molecular flexibility index (Phi) is 5.86. The van der Waals surface area contributed by atoms with E-state index in [0.717, 1.165) is 16.3 Å². The lowest BCUT2D eigenvalue weighted by Gasteiger charge is -2.11. The molecule has 0 spiro atoms. The van der Waals surface area contributed by atoms with E-state index in [1.54, 1.807) is 36.4 Å². The maximum atomic E-state index is 13.4. The number of aromatic nitrogens is 2. The molecule has 0 atom stereocenters. The third-order valence-corrected chi connectivity index (χ3v) is 5.24. The molecule has 5 nitrogen and oxygen atoms in total. The minimum Gasteiger partial charge on any atom is -0.506 e. The first kappa shape index (κ1) is 22.4. The fraction of sp³-hybridized carbons (Fsp3) is 0.0833. The number of hydrogen-bond acceptors (Lipinski definition) is 3. The molecule has 0 aliphatic rings. The maximum absolute atomic E-state index is 13.4. The van der Waals surface area contributed by atoms with E-state index in [9.17, 15) is 23.1 Å². The molecule has 0 saturated heterocycles. The monoisotopic (exact) mass is 471 g/mol. The maximum Gasteiger partial charge on any atom is 0.435 e. The molecule has 9 heteroatoms. The van der Waals surface area contributed by atoms with E-state index in [1.807, 2.05) is 6.92 Å². The molecule has 2 N–H and O–H groups in total. The van der Waals surface area contributed by atoms with Gasteiger partial charge in [0.05, 0.1) is 22.1 Å². The van der Waals surface area contributed by atoms with Crippen LogP contribution < -0.4 is 5.32 Å². The number of halogens is 4. The molecule has 0 aliphatic heterocycles. The Labute approximate surface area is 192 Å². The van der Waals surface area contributed by atoms with Crippen molar-refractivity contribution in [3.63, 3.8) is 0 Å². The summed E-state index contributed by atoms with van der Waals surface area (Å²) in [5, 5.41) is 16.6. The summed E-state index contributed by atoms with van der Waals surface area (Å²) in [6.45, 7) is 1.81. The molecule has 0 saturated carbocycles. The Bertz CT molecular complexity index is 1330. The smallest absolute Gasteiger partial charge is 0.435 e. The molecule has 168 valence electrons. The van der Waals surface area contributed by atoms with Gasteiger partial charge in [-0.1, -0.05) is 41.9 Å². The number of hydrogen-bond donors (Lipinski definition) is 2. The molecule has 4 rings (SSSR count). The molecule has 0 aliphatic carbocycles. The number of anilines is 1. The summed E-state index contributed by atoms with van der Waals surface area (Å²) < 4.78 is 41.2. The highest BCUT2D eigenvalue weighted by Gasteiger charge is 2.35. The number of aromatic hydroxyl groups is 1. The lowest BCUT2D eigenvalue weighted by Crippen LogP contribution is -2.12. The summed E-state index contributed by atoms with van der Waals surface area (Å²) in [7, 11) is 0. The lowest BCUT2D eigenvalue weighted by molar-refractivity contribution is -0.141. The molecule has 0 bridgehead atoms. The predicted octanol–water partition coefficient (Wildman–Crippen LogP) is 6.48. The van der Waals surface area contributed by atoms with E-state index in [0.29, 0.717) is 11.3 Å². The summed E-state index contributed by atoms with van der Waals surface area (Å²) in [5.74, 6) is -0.542. The predicted molar refractivity (Wildman–Crippen MR) is 120 cm³/mol. The second-order valence-electron chi connectivity index (χ2n) is 7.33.